The summed E-state index contributed by atoms with van der Waals surface area (Å²) < 4.78 is 46.8. The van der Waals surface area contributed by atoms with Crippen LogP contribution in [-0.2, 0) is 12.0 Å². The van der Waals surface area contributed by atoms with Gasteiger partial charge in [-0.05, 0) is 48.8 Å². The van der Waals surface area contributed by atoms with E-state index in [9.17, 15) is 13.2 Å². The number of fused-ring (bicyclic) bond motifs is 3. The summed E-state index contributed by atoms with van der Waals surface area (Å²) in [5.74, 6) is -1.42. The van der Waals surface area contributed by atoms with Crippen LogP contribution in [0.4, 0.5) is 13.2 Å². The van der Waals surface area contributed by atoms with Gasteiger partial charge in [0.25, 0.3) is 5.65 Å². The molecule has 2 aromatic heterocycles. The third-order valence-electron chi connectivity index (χ3n) is 9.57. The number of aromatic nitrogens is 2. The van der Waals surface area contributed by atoms with Gasteiger partial charge in [0, 0.05) is 16.3 Å². The Hall–Kier alpha value is -3.34. The first-order valence-electron chi connectivity index (χ1n) is 14.9. The van der Waals surface area contributed by atoms with Gasteiger partial charge in [0.2, 0.25) is 0 Å². The maximum absolute atomic E-state index is 14.0. The highest BCUT2D eigenvalue weighted by Gasteiger charge is 2.41. The molecule has 6 rings (SSSR count). The Bertz CT molecular complexity index is 1670. The number of hydrogen-bond donors (Lipinski definition) is 0. The van der Waals surface area contributed by atoms with Gasteiger partial charge >= 0.3 is 6.18 Å². The number of pyridine rings is 1. The Morgan fingerprint density at radius 3 is 2.33 bits per heavy atom. The number of para-hydroxylation sites is 1. The molecule has 0 N–H and O–H groups in total. The molecule has 5 heteroatoms. The third-order valence-corrected chi connectivity index (χ3v) is 9.57. The van der Waals surface area contributed by atoms with Crippen LogP contribution in [0.1, 0.15) is 82.8 Å². The van der Waals surface area contributed by atoms with Crippen molar-refractivity contribution in [2.24, 2.45) is 0 Å². The average Bonchev–Trinajstić information content (AvgIpc) is 3.35. The van der Waals surface area contributed by atoms with E-state index in [0.717, 1.165) is 55.2 Å². The zero-order valence-corrected chi connectivity index (χ0v) is 23.7. The first kappa shape index (κ1) is 26.9. The second-order valence-corrected chi connectivity index (χ2v) is 11.5. The number of nitrogens with zero attached hydrogens (tertiary/aromatic N) is 2. The minimum absolute atomic E-state index is 0.0509. The van der Waals surface area contributed by atoms with E-state index in [4.69, 9.17) is 0 Å². The SMILES string of the molecule is CCCCCC(c1ccc(-c2cccc3c4cccc5c4c4n(cc[n+]4C(CC)(CC)CC5)c23)cc1)C(F)(F)F. The van der Waals surface area contributed by atoms with Crippen LogP contribution in [0.2, 0.25) is 0 Å². The van der Waals surface area contributed by atoms with Crippen molar-refractivity contribution < 1.29 is 17.7 Å². The predicted molar refractivity (Wildman–Crippen MR) is 158 cm³/mol. The summed E-state index contributed by atoms with van der Waals surface area (Å²) >= 11 is 0. The van der Waals surface area contributed by atoms with Gasteiger partial charge in [0.05, 0.1) is 11.3 Å². The molecule has 3 heterocycles. The zero-order chi connectivity index (χ0) is 28.1. The van der Waals surface area contributed by atoms with Crippen molar-refractivity contribution in [1.29, 1.82) is 0 Å². The molecule has 1 unspecified atom stereocenters. The standard InChI is InChI=1S/C35H38F3N2/c1-4-7-8-15-30(35(36,37)38)25-18-16-24(17-19-25)27-12-10-14-29-28-13-9-11-26-20-21-34(5-2,6-3)40-23-22-39(32(27)29)33(40)31(26)28/h9-14,16-19,22-23,30H,4-8,15,20-21H2,1-3H3/q+1. The van der Waals surface area contributed by atoms with E-state index in [1.807, 2.05) is 19.1 Å². The molecule has 3 aromatic carbocycles. The van der Waals surface area contributed by atoms with Gasteiger partial charge in [-0.2, -0.15) is 17.6 Å². The quantitative estimate of drug-likeness (QED) is 0.105. The average molecular weight is 544 g/mol. The number of imidazole rings is 1. The topological polar surface area (TPSA) is 8.29 Å². The molecule has 208 valence electrons. The molecule has 2 nitrogen and oxygen atoms in total. The van der Waals surface area contributed by atoms with E-state index < -0.39 is 12.1 Å². The number of unbranched alkanes of at least 4 members (excludes halogenated alkanes) is 2. The molecule has 0 saturated heterocycles. The highest BCUT2D eigenvalue weighted by molar-refractivity contribution is 6.15. The molecule has 5 aromatic rings. The lowest BCUT2D eigenvalue weighted by molar-refractivity contribution is -0.743. The minimum Gasteiger partial charge on any atom is -0.224 e. The van der Waals surface area contributed by atoms with Crippen molar-refractivity contribution in [2.75, 3.05) is 0 Å². The summed E-state index contributed by atoms with van der Waals surface area (Å²) in [6, 6.07) is 20.2. The fraction of sp³-hybridized carbons (Fsp3) is 0.400. The van der Waals surface area contributed by atoms with Crippen LogP contribution in [0, 0.1) is 0 Å². The highest BCUT2D eigenvalue weighted by atomic mass is 19.4. The predicted octanol–water partition coefficient (Wildman–Crippen LogP) is 9.89. The van der Waals surface area contributed by atoms with Crippen LogP contribution >= 0.6 is 0 Å². The summed E-state index contributed by atoms with van der Waals surface area (Å²) in [5, 5.41) is 3.72. The van der Waals surface area contributed by atoms with E-state index in [1.165, 1.54) is 27.4 Å². The number of rotatable bonds is 8. The van der Waals surface area contributed by atoms with Gasteiger partial charge in [0.1, 0.15) is 23.4 Å². The molecule has 0 aliphatic carbocycles. The van der Waals surface area contributed by atoms with Crippen LogP contribution < -0.4 is 4.57 Å². The molecule has 1 atom stereocenters. The van der Waals surface area contributed by atoms with E-state index in [0.29, 0.717) is 12.0 Å². The van der Waals surface area contributed by atoms with Crippen LogP contribution in [0.15, 0.2) is 73.1 Å². The van der Waals surface area contributed by atoms with Crippen molar-refractivity contribution >= 4 is 27.3 Å². The minimum atomic E-state index is -4.24. The van der Waals surface area contributed by atoms with Gasteiger partial charge < -0.3 is 0 Å². The molecule has 1 aliphatic heterocycles. The maximum atomic E-state index is 14.0. The van der Waals surface area contributed by atoms with E-state index >= 15 is 0 Å². The summed E-state index contributed by atoms with van der Waals surface area (Å²) in [4.78, 5) is 0. The molecule has 40 heavy (non-hydrogen) atoms. The molecule has 1 aliphatic rings. The Labute approximate surface area is 234 Å². The van der Waals surface area contributed by atoms with Crippen LogP contribution in [-0.4, -0.2) is 10.6 Å². The molecule has 0 spiro atoms. The molecular formula is C35H38F3N2+. The lowest BCUT2D eigenvalue weighted by Crippen LogP contribution is -2.54. The first-order valence-corrected chi connectivity index (χ1v) is 14.9. The molecule has 0 bridgehead atoms. The van der Waals surface area contributed by atoms with Gasteiger partial charge in [-0.15, -0.1) is 0 Å². The Morgan fingerprint density at radius 1 is 0.900 bits per heavy atom. The number of halogens is 3. The van der Waals surface area contributed by atoms with Gasteiger partial charge in [-0.1, -0.05) is 101 Å². The Morgan fingerprint density at radius 2 is 1.62 bits per heavy atom. The van der Waals surface area contributed by atoms with Crippen molar-refractivity contribution in [3.63, 3.8) is 0 Å². The number of aryl methyl sites for hydroxylation is 1. The van der Waals surface area contributed by atoms with E-state index in [1.54, 1.807) is 12.1 Å². The second kappa shape index (κ2) is 10.2. The lowest BCUT2D eigenvalue weighted by atomic mass is 9.86. The number of alkyl halides is 3. The smallest absolute Gasteiger partial charge is 0.224 e. The van der Waals surface area contributed by atoms with Crippen molar-refractivity contribution in [3.05, 3.63) is 84.2 Å². The molecule has 0 amide bonds. The van der Waals surface area contributed by atoms with Gasteiger partial charge in [-0.25, -0.2) is 4.57 Å². The second-order valence-electron chi connectivity index (χ2n) is 11.5. The number of benzene rings is 3. The fourth-order valence-electron chi connectivity index (χ4n) is 7.19. The van der Waals surface area contributed by atoms with Crippen LogP contribution in [0.3, 0.4) is 0 Å². The monoisotopic (exact) mass is 543 g/mol. The van der Waals surface area contributed by atoms with Gasteiger partial charge in [-0.3, -0.25) is 0 Å². The maximum Gasteiger partial charge on any atom is 0.395 e. The highest BCUT2D eigenvalue weighted by Crippen LogP contribution is 2.42. The molecule has 0 radical (unpaired) electrons. The van der Waals surface area contributed by atoms with Crippen LogP contribution in [0.25, 0.3) is 38.4 Å². The normalized spacial score (nSPS) is 15.8. The molecule has 0 saturated carbocycles. The van der Waals surface area contributed by atoms with E-state index in [-0.39, 0.29) is 12.0 Å². The van der Waals surface area contributed by atoms with Crippen molar-refractivity contribution in [2.45, 2.75) is 89.8 Å². The van der Waals surface area contributed by atoms with Crippen LogP contribution in [0.5, 0.6) is 0 Å². The largest absolute Gasteiger partial charge is 0.395 e. The summed E-state index contributed by atoms with van der Waals surface area (Å²) in [5.41, 5.74) is 6.09. The summed E-state index contributed by atoms with van der Waals surface area (Å²) in [6.07, 6.45) is 6.90. The first-order chi connectivity index (χ1) is 19.3. The molecule has 0 fully saturated rings. The Kier molecular flexibility index (Phi) is 6.88. The fourth-order valence-corrected chi connectivity index (χ4v) is 7.19. The van der Waals surface area contributed by atoms with Crippen molar-refractivity contribution in [3.8, 4) is 11.1 Å². The van der Waals surface area contributed by atoms with Crippen molar-refractivity contribution in [1.82, 2.24) is 4.40 Å². The summed E-state index contributed by atoms with van der Waals surface area (Å²) in [7, 11) is 0. The lowest BCUT2D eigenvalue weighted by Gasteiger charge is -2.27. The van der Waals surface area contributed by atoms with E-state index in [2.05, 4.69) is 71.6 Å². The third kappa shape index (κ3) is 4.20. The molecular weight excluding hydrogens is 505 g/mol. The zero-order valence-electron chi connectivity index (χ0n) is 23.7. The Balaban J connectivity index is 1.56. The van der Waals surface area contributed by atoms with Gasteiger partial charge in [0.15, 0.2) is 0 Å². The summed E-state index contributed by atoms with van der Waals surface area (Å²) in [6.45, 7) is 6.60. The number of hydrogen-bond acceptors (Lipinski definition) is 0.